The molecule has 2 nitrogen and oxygen atoms in total. The highest BCUT2D eigenvalue weighted by atomic mass is 16.2. The quantitative estimate of drug-likeness (QED) is 0.743. The van der Waals surface area contributed by atoms with Gasteiger partial charge in [0, 0.05) is 20.0 Å². The van der Waals surface area contributed by atoms with Crippen molar-refractivity contribution in [1.29, 1.82) is 0 Å². The van der Waals surface area contributed by atoms with E-state index in [4.69, 9.17) is 0 Å². The first-order valence-corrected chi connectivity index (χ1v) is 5.90. The lowest BCUT2D eigenvalue weighted by Gasteiger charge is -2.31. The van der Waals surface area contributed by atoms with Gasteiger partial charge in [0.1, 0.15) is 0 Å². The Balaban J connectivity index is 1.84. The van der Waals surface area contributed by atoms with Gasteiger partial charge in [0.15, 0.2) is 0 Å². The molecule has 0 unspecified atom stereocenters. The molecule has 1 aromatic carbocycles. The van der Waals surface area contributed by atoms with Gasteiger partial charge in [-0.05, 0) is 30.7 Å². The molecule has 1 amide bonds. The van der Waals surface area contributed by atoms with Crippen molar-refractivity contribution in [3.63, 3.8) is 0 Å². The van der Waals surface area contributed by atoms with Crippen LogP contribution in [0.25, 0.3) is 0 Å². The SMILES string of the molecule is [CH2]C(=O)N1CCC(Cc2ccccc2)CC1. The zero-order chi connectivity index (χ0) is 11.4. The molecule has 1 saturated heterocycles. The average Bonchev–Trinajstić information content (AvgIpc) is 2.31. The second-order valence-electron chi connectivity index (χ2n) is 4.51. The maximum absolute atomic E-state index is 11.1. The van der Waals surface area contributed by atoms with Crippen LogP contribution in [0, 0.1) is 12.8 Å². The minimum atomic E-state index is -0.0295. The lowest BCUT2D eigenvalue weighted by molar-refractivity contribution is -0.127. The van der Waals surface area contributed by atoms with Crippen LogP contribution in [0.15, 0.2) is 30.3 Å². The first kappa shape index (κ1) is 11.2. The molecule has 1 aromatic rings. The summed E-state index contributed by atoms with van der Waals surface area (Å²) < 4.78 is 0. The van der Waals surface area contributed by atoms with E-state index in [1.165, 1.54) is 5.56 Å². The van der Waals surface area contributed by atoms with Crippen LogP contribution in [0.2, 0.25) is 0 Å². The van der Waals surface area contributed by atoms with E-state index in [1.807, 2.05) is 11.0 Å². The number of hydrogen-bond donors (Lipinski definition) is 0. The number of hydrogen-bond acceptors (Lipinski definition) is 1. The second-order valence-corrected chi connectivity index (χ2v) is 4.51. The van der Waals surface area contributed by atoms with Gasteiger partial charge >= 0.3 is 0 Å². The molecule has 2 heteroatoms. The second kappa shape index (κ2) is 5.15. The van der Waals surface area contributed by atoms with Gasteiger partial charge in [0.2, 0.25) is 5.91 Å². The molecule has 16 heavy (non-hydrogen) atoms. The average molecular weight is 216 g/mol. The predicted molar refractivity (Wildman–Crippen MR) is 64.8 cm³/mol. The highest BCUT2D eigenvalue weighted by molar-refractivity contribution is 5.80. The Morgan fingerprint density at radius 3 is 2.44 bits per heavy atom. The minimum absolute atomic E-state index is 0.0295. The van der Waals surface area contributed by atoms with Crippen molar-refractivity contribution in [2.24, 2.45) is 5.92 Å². The van der Waals surface area contributed by atoms with E-state index in [-0.39, 0.29) is 5.91 Å². The van der Waals surface area contributed by atoms with E-state index >= 15 is 0 Å². The first-order chi connectivity index (χ1) is 7.75. The summed E-state index contributed by atoms with van der Waals surface area (Å²) in [5.74, 6) is 0.691. The Bertz CT molecular complexity index is 339. The third-order valence-electron chi connectivity index (χ3n) is 3.33. The molecule has 0 aromatic heterocycles. The Morgan fingerprint density at radius 2 is 1.88 bits per heavy atom. The molecule has 1 radical (unpaired) electrons. The number of carbonyl (C=O) groups excluding carboxylic acids is 1. The summed E-state index contributed by atoms with van der Waals surface area (Å²) in [6.07, 6.45) is 3.35. The third-order valence-corrected chi connectivity index (χ3v) is 3.33. The van der Waals surface area contributed by atoms with Crippen LogP contribution in [0.1, 0.15) is 18.4 Å². The Morgan fingerprint density at radius 1 is 1.25 bits per heavy atom. The fourth-order valence-electron chi connectivity index (χ4n) is 2.33. The van der Waals surface area contributed by atoms with Crippen LogP contribution in [0.4, 0.5) is 0 Å². The van der Waals surface area contributed by atoms with Crippen LogP contribution in [-0.4, -0.2) is 23.9 Å². The number of benzene rings is 1. The molecular weight excluding hydrogens is 198 g/mol. The molecule has 1 aliphatic rings. The lowest BCUT2D eigenvalue weighted by atomic mass is 9.90. The van der Waals surface area contributed by atoms with Crippen molar-refractivity contribution in [2.75, 3.05) is 13.1 Å². The van der Waals surface area contributed by atoms with Gasteiger partial charge in [-0.1, -0.05) is 30.3 Å². The summed E-state index contributed by atoms with van der Waals surface area (Å²) in [4.78, 5) is 12.9. The van der Waals surface area contributed by atoms with Gasteiger partial charge in [-0.15, -0.1) is 0 Å². The molecule has 0 N–H and O–H groups in total. The molecule has 0 bridgehead atoms. The summed E-state index contributed by atoms with van der Waals surface area (Å²) in [5.41, 5.74) is 1.40. The van der Waals surface area contributed by atoms with Crippen molar-refractivity contribution >= 4 is 5.91 Å². The Labute approximate surface area is 97.3 Å². The summed E-state index contributed by atoms with van der Waals surface area (Å²) in [7, 11) is 0. The maximum atomic E-state index is 11.1. The maximum Gasteiger partial charge on any atom is 0.223 e. The number of amides is 1. The molecule has 85 valence electrons. The molecular formula is C14H18NO. The highest BCUT2D eigenvalue weighted by Gasteiger charge is 2.20. The van der Waals surface area contributed by atoms with Gasteiger partial charge in [-0.3, -0.25) is 4.79 Å². The largest absolute Gasteiger partial charge is 0.343 e. The molecule has 1 aliphatic heterocycles. The van der Waals surface area contributed by atoms with Gasteiger partial charge in [0.05, 0.1) is 0 Å². The Kier molecular flexibility index (Phi) is 3.60. The molecule has 0 spiro atoms. The summed E-state index contributed by atoms with van der Waals surface area (Å²) in [6.45, 7) is 5.21. The van der Waals surface area contributed by atoms with Gasteiger partial charge in [-0.2, -0.15) is 0 Å². The molecule has 2 rings (SSSR count). The van der Waals surface area contributed by atoms with Crippen molar-refractivity contribution in [1.82, 2.24) is 4.90 Å². The number of piperidine rings is 1. The number of carbonyl (C=O) groups is 1. The smallest absolute Gasteiger partial charge is 0.223 e. The number of nitrogens with zero attached hydrogens (tertiary/aromatic N) is 1. The zero-order valence-electron chi connectivity index (χ0n) is 9.56. The molecule has 0 atom stereocenters. The van der Waals surface area contributed by atoms with E-state index in [0.29, 0.717) is 0 Å². The normalized spacial score (nSPS) is 17.4. The van der Waals surface area contributed by atoms with E-state index in [1.54, 1.807) is 0 Å². The number of likely N-dealkylation sites (tertiary alicyclic amines) is 1. The van der Waals surface area contributed by atoms with Crippen LogP contribution >= 0.6 is 0 Å². The summed E-state index contributed by atoms with van der Waals surface area (Å²) in [5, 5.41) is 0. The molecule has 0 saturated carbocycles. The van der Waals surface area contributed by atoms with Gasteiger partial charge in [-0.25, -0.2) is 0 Å². The van der Waals surface area contributed by atoms with E-state index < -0.39 is 0 Å². The standard InChI is InChI=1S/C14H18NO/c1-12(16)15-9-7-14(8-10-15)11-13-5-3-2-4-6-13/h2-6,14H,1,7-11H2. The van der Waals surface area contributed by atoms with E-state index in [2.05, 4.69) is 31.2 Å². The van der Waals surface area contributed by atoms with E-state index in [9.17, 15) is 4.79 Å². The molecule has 0 aliphatic carbocycles. The number of rotatable bonds is 2. The van der Waals surface area contributed by atoms with Crippen LogP contribution in [-0.2, 0) is 11.2 Å². The van der Waals surface area contributed by atoms with E-state index in [0.717, 1.165) is 38.3 Å². The van der Waals surface area contributed by atoms with Gasteiger partial charge < -0.3 is 4.90 Å². The van der Waals surface area contributed by atoms with Crippen molar-refractivity contribution in [3.8, 4) is 0 Å². The predicted octanol–water partition coefficient (Wildman–Crippen LogP) is 2.30. The lowest BCUT2D eigenvalue weighted by Crippen LogP contribution is -2.37. The van der Waals surface area contributed by atoms with Gasteiger partial charge in [0.25, 0.3) is 0 Å². The van der Waals surface area contributed by atoms with Crippen LogP contribution in [0.3, 0.4) is 0 Å². The fraction of sp³-hybridized carbons (Fsp3) is 0.429. The third kappa shape index (κ3) is 2.84. The fourth-order valence-corrected chi connectivity index (χ4v) is 2.33. The van der Waals surface area contributed by atoms with Crippen LogP contribution < -0.4 is 0 Å². The molecule has 1 heterocycles. The monoisotopic (exact) mass is 216 g/mol. The van der Waals surface area contributed by atoms with Crippen LogP contribution in [0.5, 0.6) is 0 Å². The van der Waals surface area contributed by atoms with Crippen molar-refractivity contribution < 1.29 is 4.79 Å². The highest BCUT2D eigenvalue weighted by Crippen LogP contribution is 2.21. The summed E-state index contributed by atoms with van der Waals surface area (Å²) in [6, 6.07) is 10.6. The molecule has 1 fully saturated rings. The zero-order valence-corrected chi connectivity index (χ0v) is 9.56. The van der Waals surface area contributed by atoms with Crippen molar-refractivity contribution in [3.05, 3.63) is 42.8 Å². The Hall–Kier alpha value is -1.31. The summed E-state index contributed by atoms with van der Waals surface area (Å²) >= 11 is 0. The minimum Gasteiger partial charge on any atom is -0.343 e. The first-order valence-electron chi connectivity index (χ1n) is 5.90. The van der Waals surface area contributed by atoms with Crippen molar-refractivity contribution in [2.45, 2.75) is 19.3 Å². The topological polar surface area (TPSA) is 20.3 Å².